The molecule has 1 amide bonds. The van der Waals surface area contributed by atoms with E-state index in [1.807, 2.05) is 43.3 Å². The van der Waals surface area contributed by atoms with E-state index in [1.54, 1.807) is 12.1 Å². The first-order chi connectivity index (χ1) is 15.0. The molecule has 0 fully saturated rings. The van der Waals surface area contributed by atoms with Gasteiger partial charge in [0, 0.05) is 11.6 Å². The van der Waals surface area contributed by atoms with Crippen LogP contribution in [0.2, 0.25) is 0 Å². The van der Waals surface area contributed by atoms with Crippen molar-refractivity contribution in [3.05, 3.63) is 76.6 Å². The van der Waals surface area contributed by atoms with Gasteiger partial charge in [-0.05, 0) is 30.7 Å². The monoisotopic (exact) mass is 417 g/mol. The van der Waals surface area contributed by atoms with Gasteiger partial charge in [-0.3, -0.25) is 9.59 Å². The van der Waals surface area contributed by atoms with E-state index in [0.717, 1.165) is 15.8 Å². The van der Waals surface area contributed by atoms with Gasteiger partial charge >= 0.3 is 0 Å². The summed E-state index contributed by atoms with van der Waals surface area (Å²) in [4.78, 5) is 29.1. The average molecular weight is 417 g/mol. The van der Waals surface area contributed by atoms with Gasteiger partial charge in [0.1, 0.15) is 18.0 Å². The molecule has 0 saturated carbocycles. The SMILES string of the molecule is COc1ccc(C)cc1NC(=O)Cn1nc(-c2nc(-c3ccccc3)no2)ccc1=O. The zero-order valence-electron chi connectivity index (χ0n) is 16.9. The molecule has 0 aliphatic rings. The summed E-state index contributed by atoms with van der Waals surface area (Å²) in [6.07, 6.45) is 0. The van der Waals surface area contributed by atoms with E-state index in [4.69, 9.17) is 9.26 Å². The number of aryl methyl sites for hydroxylation is 1. The molecule has 0 spiro atoms. The number of rotatable bonds is 6. The van der Waals surface area contributed by atoms with Crippen molar-refractivity contribution in [3.63, 3.8) is 0 Å². The van der Waals surface area contributed by atoms with Crippen LogP contribution in [0.15, 0.2) is 70.0 Å². The van der Waals surface area contributed by atoms with Crippen molar-refractivity contribution in [3.8, 4) is 28.7 Å². The molecule has 0 radical (unpaired) electrons. The molecule has 2 aromatic carbocycles. The highest BCUT2D eigenvalue weighted by molar-refractivity contribution is 5.92. The van der Waals surface area contributed by atoms with E-state index in [2.05, 4.69) is 20.6 Å². The number of ether oxygens (including phenoxy) is 1. The van der Waals surface area contributed by atoms with Gasteiger partial charge < -0.3 is 14.6 Å². The lowest BCUT2D eigenvalue weighted by Gasteiger charge is -2.11. The lowest BCUT2D eigenvalue weighted by atomic mass is 10.2. The first kappa shape index (κ1) is 20.0. The number of methoxy groups -OCH3 is 1. The molecule has 0 aliphatic carbocycles. The molecule has 9 heteroatoms. The highest BCUT2D eigenvalue weighted by Gasteiger charge is 2.15. The number of amides is 1. The minimum Gasteiger partial charge on any atom is -0.495 e. The molecule has 2 heterocycles. The van der Waals surface area contributed by atoms with Crippen molar-refractivity contribution >= 4 is 11.6 Å². The molecule has 4 rings (SSSR count). The van der Waals surface area contributed by atoms with Crippen molar-refractivity contribution in [1.82, 2.24) is 19.9 Å². The van der Waals surface area contributed by atoms with Gasteiger partial charge in [-0.2, -0.15) is 10.1 Å². The summed E-state index contributed by atoms with van der Waals surface area (Å²) in [6.45, 7) is 1.61. The van der Waals surface area contributed by atoms with Crippen LogP contribution >= 0.6 is 0 Å². The van der Waals surface area contributed by atoms with Gasteiger partial charge in [0.15, 0.2) is 0 Å². The van der Waals surface area contributed by atoms with Crippen LogP contribution in [0.25, 0.3) is 23.0 Å². The fourth-order valence-electron chi connectivity index (χ4n) is 2.95. The third-order valence-electron chi connectivity index (χ3n) is 4.47. The van der Waals surface area contributed by atoms with Crippen LogP contribution in [0.1, 0.15) is 5.56 Å². The fourth-order valence-corrected chi connectivity index (χ4v) is 2.95. The van der Waals surface area contributed by atoms with Gasteiger partial charge in [0.05, 0.1) is 12.8 Å². The van der Waals surface area contributed by atoms with Crippen molar-refractivity contribution in [2.45, 2.75) is 13.5 Å². The normalized spacial score (nSPS) is 10.6. The van der Waals surface area contributed by atoms with Crippen LogP contribution in [0, 0.1) is 6.92 Å². The maximum Gasteiger partial charge on any atom is 0.278 e. The van der Waals surface area contributed by atoms with E-state index in [-0.39, 0.29) is 18.1 Å². The van der Waals surface area contributed by atoms with E-state index in [0.29, 0.717) is 17.3 Å². The number of benzene rings is 2. The van der Waals surface area contributed by atoms with Crippen LogP contribution in [0.5, 0.6) is 5.75 Å². The Morgan fingerprint density at radius 2 is 1.94 bits per heavy atom. The molecule has 31 heavy (non-hydrogen) atoms. The van der Waals surface area contributed by atoms with Crippen LogP contribution in [0.3, 0.4) is 0 Å². The van der Waals surface area contributed by atoms with Gasteiger partial charge in [-0.25, -0.2) is 4.68 Å². The fraction of sp³-hybridized carbons (Fsp3) is 0.136. The van der Waals surface area contributed by atoms with Crippen molar-refractivity contribution in [1.29, 1.82) is 0 Å². The molecule has 156 valence electrons. The Balaban J connectivity index is 1.55. The van der Waals surface area contributed by atoms with Gasteiger partial charge in [0.25, 0.3) is 11.4 Å². The number of aromatic nitrogens is 4. The second-order valence-electron chi connectivity index (χ2n) is 6.76. The van der Waals surface area contributed by atoms with E-state index < -0.39 is 11.5 Å². The molecule has 2 aromatic heterocycles. The molecule has 0 saturated heterocycles. The zero-order chi connectivity index (χ0) is 21.8. The smallest absolute Gasteiger partial charge is 0.278 e. The Morgan fingerprint density at radius 1 is 1.13 bits per heavy atom. The van der Waals surface area contributed by atoms with Gasteiger partial charge in [-0.15, -0.1) is 0 Å². The summed E-state index contributed by atoms with van der Waals surface area (Å²) in [6, 6.07) is 17.5. The van der Waals surface area contributed by atoms with Crippen LogP contribution < -0.4 is 15.6 Å². The van der Waals surface area contributed by atoms with Crippen molar-refractivity contribution in [2.75, 3.05) is 12.4 Å². The number of carbonyl (C=O) groups is 1. The summed E-state index contributed by atoms with van der Waals surface area (Å²) in [5.41, 5.74) is 2.12. The first-order valence-corrected chi connectivity index (χ1v) is 9.45. The Labute approximate surface area is 177 Å². The minimum absolute atomic E-state index is 0.147. The number of nitrogens with one attached hydrogen (secondary N) is 1. The first-order valence-electron chi connectivity index (χ1n) is 9.45. The highest BCUT2D eigenvalue weighted by atomic mass is 16.5. The standard InChI is InChI=1S/C22H19N5O4/c1-14-8-10-18(30-2)17(12-14)23-19(28)13-27-20(29)11-9-16(25-27)22-24-21(26-31-22)15-6-4-3-5-7-15/h3-12H,13H2,1-2H3,(H,23,28). The summed E-state index contributed by atoms with van der Waals surface area (Å²) < 4.78 is 11.6. The topological polar surface area (TPSA) is 112 Å². The molecule has 1 N–H and O–H groups in total. The predicted molar refractivity (Wildman–Crippen MR) is 114 cm³/mol. The summed E-state index contributed by atoms with van der Waals surface area (Å²) >= 11 is 0. The predicted octanol–water partition coefficient (Wildman–Crippen LogP) is 2.92. The largest absolute Gasteiger partial charge is 0.495 e. The molecule has 0 atom stereocenters. The summed E-state index contributed by atoms with van der Waals surface area (Å²) in [7, 11) is 1.52. The maximum atomic E-state index is 12.5. The number of carbonyl (C=O) groups excluding carboxylic acids is 1. The lowest BCUT2D eigenvalue weighted by molar-refractivity contribution is -0.117. The van der Waals surface area contributed by atoms with Crippen LogP contribution in [0.4, 0.5) is 5.69 Å². The molecular weight excluding hydrogens is 398 g/mol. The van der Waals surface area contributed by atoms with E-state index >= 15 is 0 Å². The molecule has 4 aromatic rings. The summed E-state index contributed by atoms with van der Waals surface area (Å²) in [5.74, 6) is 0.645. The molecule has 9 nitrogen and oxygen atoms in total. The third kappa shape index (κ3) is 4.50. The van der Waals surface area contributed by atoms with E-state index in [1.165, 1.54) is 19.2 Å². The lowest BCUT2D eigenvalue weighted by Crippen LogP contribution is -2.29. The quantitative estimate of drug-likeness (QED) is 0.513. The van der Waals surface area contributed by atoms with Gasteiger partial charge in [0.2, 0.25) is 11.7 Å². The Kier molecular flexibility index (Phi) is 5.57. The Bertz CT molecular complexity index is 1280. The number of nitrogens with zero attached hydrogens (tertiary/aromatic N) is 4. The summed E-state index contributed by atoms with van der Waals surface area (Å²) in [5, 5.41) is 10.9. The second kappa shape index (κ2) is 8.62. The molecule has 0 unspecified atom stereocenters. The molecule has 0 aliphatic heterocycles. The highest BCUT2D eigenvalue weighted by Crippen LogP contribution is 2.25. The Morgan fingerprint density at radius 3 is 2.71 bits per heavy atom. The molecule has 0 bridgehead atoms. The molecular formula is C22H19N5O4. The van der Waals surface area contributed by atoms with Gasteiger partial charge in [-0.1, -0.05) is 41.6 Å². The van der Waals surface area contributed by atoms with E-state index in [9.17, 15) is 9.59 Å². The van der Waals surface area contributed by atoms with Crippen LogP contribution in [-0.2, 0) is 11.3 Å². The number of hydrogen-bond donors (Lipinski definition) is 1. The third-order valence-corrected chi connectivity index (χ3v) is 4.47. The van der Waals surface area contributed by atoms with Crippen molar-refractivity contribution in [2.24, 2.45) is 0 Å². The van der Waals surface area contributed by atoms with Crippen molar-refractivity contribution < 1.29 is 14.1 Å². The number of hydrogen-bond acceptors (Lipinski definition) is 7. The number of anilines is 1. The average Bonchev–Trinajstić information content (AvgIpc) is 3.26. The zero-order valence-corrected chi connectivity index (χ0v) is 16.9. The minimum atomic E-state index is -0.432. The Hall–Kier alpha value is -4.27. The van der Waals surface area contributed by atoms with Crippen LogP contribution in [-0.4, -0.2) is 32.9 Å². The maximum absolute atomic E-state index is 12.5. The second-order valence-corrected chi connectivity index (χ2v) is 6.76.